The maximum Gasteiger partial charge on any atom is 0.327 e. The average molecular weight is 283 g/mol. The summed E-state index contributed by atoms with van der Waals surface area (Å²) in [6, 6.07) is 1.34. The van der Waals surface area contributed by atoms with Crippen molar-refractivity contribution in [2.45, 2.75) is 33.7 Å². The van der Waals surface area contributed by atoms with Crippen molar-refractivity contribution < 1.29 is 18.3 Å². The quantitative estimate of drug-likeness (QED) is 0.809. The van der Waals surface area contributed by atoms with Gasteiger partial charge in [0.1, 0.15) is 6.54 Å². The lowest BCUT2D eigenvalue weighted by atomic mass is 10.1. The van der Waals surface area contributed by atoms with E-state index in [1.807, 2.05) is 0 Å². The summed E-state index contributed by atoms with van der Waals surface area (Å²) in [7, 11) is 0. The highest BCUT2D eigenvalue weighted by molar-refractivity contribution is 5.84. The van der Waals surface area contributed by atoms with Crippen LogP contribution in [-0.2, 0) is 16.1 Å². The van der Waals surface area contributed by atoms with Gasteiger partial charge in [-0.15, -0.1) is 0 Å². The van der Waals surface area contributed by atoms with Crippen LogP contribution in [0.5, 0.6) is 0 Å². The molecular formula is C13H15F2N3O2. The van der Waals surface area contributed by atoms with E-state index in [-0.39, 0.29) is 24.4 Å². The van der Waals surface area contributed by atoms with E-state index in [0.717, 1.165) is 0 Å². The Morgan fingerprint density at radius 3 is 2.75 bits per heavy atom. The maximum atomic E-state index is 13.1. The van der Waals surface area contributed by atoms with Crippen molar-refractivity contribution in [1.82, 2.24) is 14.8 Å². The van der Waals surface area contributed by atoms with Crippen LogP contribution in [0.3, 0.4) is 0 Å². The molecule has 0 aliphatic carbocycles. The highest BCUT2D eigenvalue weighted by atomic mass is 19.3. The van der Waals surface area contributed by atoms with Crippen molar-refractivity contribution in [3.8, 4) is 0 Å². The van der Waals surface area contributed by atoms with Crippen LogP contribution >= 0.6 is 0 Å². The van der Waals surface area contributed by atoms with E-state index in [2.05, 4.69) is 10.1 Å². The topological polar surface area (TPSA) is 57.0 Å². The Bertz CT molecular complexity index is 653. The molecule has 0 saturated carbocycles. The summed E-state index contributed by atoms with van der Waals surface area (Å²) in [5.74, 6) is -0.473. The number of halogens is 2. The Morgan fingerprint density at radius 1 is 1.45 bits per heavy atom. The molecule has 0 bridgehead atoms. The van der Waals surface area contributed by atoms with E-state index in [9.17, 15) is 13.6 Å². The molecule has 0 atom stereocenters. The van der Waals surface area contributed by atoms with Crippen LogP contribution in [0.1, 0.15) is 30.3 Å². The third-order valence-corrected chi connectivity index (χ3v) is 2.86. The Labute approximate surface area is 114 Å². The summed E-state index contributed by atoms with van der Waals surface area (Å²) in [5.41, 5.74) is 1.05. The van der Waals surface area contributed by atoms with E-state index < -0.39 is 12.4 Å². The van der Waals surface area contributed by atoms with Crippen molar-refractivity contribution in [3.63, 3.8) is 0 Å². The summed E-state index contributed by atoms with van der Waals surface area (Å²) in [6.07, 6.45) is -2.61. The molecule has 0 aliphatic rings. The lowest BCUT2D eigenvalue weighted by Crippen LogP contribution is -2.15. The first kappa shape index (κ1) is 14.4. The molecule has 0 amide bonds. The molecule has 0 spiro atoms. The second-order valence-electron chi connectivity index (χ2n) is 4.40. The molecule has 0 aromatic carbocycles. The van der Waals surface area contributed by atoms with Crippen LogP contribution < -0.4 is 0 Å². The van der Waals surface area contributed by atoms with E-state index in [0.29, 0.717) is 16.8 Å². The van der Waals surface area contributed by atoms with Crippen molar-refractivity contribution in [3.05, 3.63) is 23.0 Å². The molecule has 0 unspecified atom stereocenters. The fraction of sp³-hybridized carbons (Fsp3) is 0.462. The van der Waals surface area contributed by atoms with Gasteiger partial charge < -0.3 is 4.74 Å². The minimum absolute atomic E-state index is 0.111. The van der Waals surface area contributed by atoms with Gasteiger partial charge in [0, 0.05) is 11.3 Å². The fourth-order valence-electron chi connectivity index (χ4n) is 2.13. The number of aryl methyl sites for hydroxylation is 2. The molecule has 2 aromatic heterocycles. The predicted octanol–water partition coefficient (Wildman–Crippen LogP) is 2.55. The van der Waals surface area contributed by atoms with Crippen LogP contribution in [0.2, 0.25) is 0 Å². The number of esters is 1. The van der Waals surface area contributed by atoms with Crippen molar-refractivity contribution in [2.75, 3.05) is 6.61 Å². The molecule has 7 heteroatoms. The smallest absolute Gasteiger partial charge is 0.327 e. The number of aromatic nitrogens is 3. The fourth-order valence-corrected chi connectivity index (χ4v) is 2.13. The molecule has 2 rings (SSSR count). The molecule has 0 N–H and O–H groups in total. The van der Waals surface area contributed by atoms with Gasteiger partial charge in [0.15, 0.2) is 5.65 Å². The van der Waals surface area contributed by atoms with Crippen LogP contribution in [0.15, 0.2) is 6.07 Å². The third-order valence-electron chi connectivity index (χ3n) is 2.86. The number of fused-ring (bicyclic) bond motifs is 1. The second kappa shape index (κ2) is 5.52. The van der Waals surface area contributed by atoms with Crippen LogP contribution in [0, 0.1) is 13.8 Å². The number of carbonyl (C=O) groups excluding carboxylic acids is 1. The summed E-state index contributed by atoms with van der Waals surface area (Å²) < 4.78 is 32.3. The molecular weight excluding hydrogens is 268 g/mol. The van der Waals surface area contributed by atoms with Gasteiger partial charge in [0.2, 0.25) is 0 Å². The van der Waals surface area contributed by atoms with Gasteiger partial charge in [-0.05, 0) is 26.8 Å². The molecule has 2 heterocycles. The first-order valence-electron chi connectivity index (χ1n) is 6.22. The lowest BCUT2D eigenvalue weighted by molar-refractivity contribution is -0.143. The largest absolute Gasteiger partial charge is 0.465 e. The molecule has 2 aromatic rings. The second-order valence-corrected chi connectivity index (χ2v) is 4.40. The Hall–Kier alpha value is -2.05. The molecule has 5 nitrogen and oxygen atoms in total. The molecule has 0 radical (unpaired) electrons. The first-order valence-corrected chi connectivity index (χ1v) is 6.22. The summed E-state index contributed by atoms with van der Waals surface area (Å²) >= 11 is 0. The minimum Gasteiger partial charge on any atom is -0.465 e. The number of ether oxygens (including phenoxy) is 1. The maximum absolute atomic E-state index is 13.1. The third kappa shape index (κ3) is 2.61. The minimum atomic E-state index is -2.61. The molecule has 108 valence electrons. The Kier molecular flexibility index (Phi) is 3.96. The van der Waals surface area contributed by atoms with Crippen molar-refractivity contribution in [2.24, 2.45) is 0 Å². The van der Waals surface area contributed by atoms with Gasteiger partial charge in [-0.1, -0.05) is 0 Å². The molecule has 0 fully saturated rings. The molecule has 0 aliphatic heterocycles. The SMILES string of the molecule is CCOC(=O)Cn1nc(C)c2c(C(F)F)cc(C)nc21. The highest BCUT2D eigenvalue weighted by Crippen LogP contribution is 2.29. The van der Waals surface area contributed by atoms with Gasteiger partial charge in [-0.3, -0.25) is 4.79 Å². The normalized spacial score (nSPS) is 11.3. The van der Waals surface area contributed by atoms with Crippen LogP contribution in [-0.4, -0.2) is 27.3 Å². The van der Waals surface area contributed by atoms with Crippen molar-refractivity contribution in [1.29, 1.82) is 0 Å². The zero-order valence-electron chi connectivity index (χ0n) is 11.5. The monoisotopic (exact) mass is 283 g/mol. The number of hydrogen-bond acceptors (Lipinski definition) is 4. The van der Waals surface area contributed by atoms with Gasteiger partial charge in [0.05, 0.1) is 17.7 Å². The number of rotatable bonds is 4. The summed E-state index contributed by atoms with van der Waals surface area (Å²) in [6.45, 7) is 5.06. The number of alkyl halides is 2. The first-order chi connectivity index (χ1) is 9.43. The number of nitrogens with zero attached hydrogens (tertiary/aromatic N) is 3. The summed E-state index contributed by atoms with van der Waals surface area (Å²) in [5, 5.41) is 4.42. The average Bonchev–Trinajstić information content (AvgIpc) is 2.65. The van der Waals surface area contributed by atoms with Crippen molar-refractivity contribution >= 4 is 17.0 Å². The van der Waals surface area contributed by atoms with E-state index >= 15 is 0 Å². The standard InChI is InChI=1S/C13H15F2N3O2/c1-4-20-10(19)6-18-13-11(8(3)17-18)9(12(14)15)5-7(2)16-13/h5,12H,4,6H2,1-3H3. The number of hydrogen-bond donors (Lipinski definition) is 0. The van der Waals surface area contributed by atoms with Crippen LogP contribution in [0.25, 0.3) is 11.0 Å². The lowest BCUT2D eigenvalue weighted by Gasteiger charge is -2.06. The highest BCUT2D eigenvalue weighted by Gasteiger charge is 2.20. The van der Waals surface area contributed by atoms with Gasteiger partial charge >= 0.3 is 5.97 Å². The van der Waals surface area contributed by atoms with Gasteiger partial charge in [0.25, 0.3) is 6.43 Å². The number of pyridine rings is 1. The summed E-state index contributed by atoms with van der Waals surface area (Å²) in [4.78, 5) is 15.7. The molecule has 20 heavy (non-hydrogen) atoms. The predicted molar refractivity (Wildman–Crippen MR) is 68.6 cm³/mol. The van der Waals surface area contributed by atoms with E-state index in [1.165, 1.54) is 10.7 Å². The van der Waals surface area contributed by atoms with Gasteiger partial charge in [-0.25, -0.2) is 18.4 Å². The Balaban J connectivity index is 2.55. The zero-order chi connectivity index (χ0) is 14.9. The van der Waals surface area contributed by atoms with E-state index in [4.69, 9.17) is 4.74 Å². The number of carbonyl (C=O) groups is 1. The Morgan fingerprint density at radius 2 is 2.15 bits per heavy atom. The van der Waals surface area contributed by atoms with Gasteiger partial charge in [-0.2, -0.15) is 5.10 Å². The zero-order valence-corrected chi connectivity index (χ0v) is 11.5. The van der Waals surface area contributed by atoms with E-state index in [1.54, 1.807) is 20.8 Å². The van der Waals surface area contributed by atoms with Crippen LogP contribution in [0.4, 0.5) is 8.78 Å². The molecule has 0 saturated heterocycles.